The first-order valence-electron chi connectivity index (χ1n) is 8.37. The number of carbonyl (C=O) groups is 1. The number of aromatic nitrogens is 2. The normalized spacial score (nSPS) is 10.6. The Bertz CT molecular complexity index is 1050. The molecule has 1 aromatic carbocycles. The van der Waals surface area contributed by atoms with Crippen LogP contribution in [-0.4, -0.2) is 15.0 Å². The van der Waals surface area contributed by atoms with Gasteiger partial charge in [0.2, 0.25) is 5.91 Å². The quantitative estimate of drug-likeness (QED) is 0.654. The van der Waals surface area contributed by atoms with E-state index in [4.69, 9.17) is 0 Å². The molecule has 0 spiro atoms. The lowest BCUT2D eigenvalue weighted by molar-refractivity contribution is -0.121. The highest BCUT2D eigenvalue weighted by molar-refractivity contribution is 9.10. The van der Waals surface area contributed by atoms with E-state index in [0.29, 0.717) is 13.1 Å². The Balaban J connectivity index is 1.56. The van der Waals surface area contributed by atoms with Gasteiger partial charge in [-0.05, 0) is 39.2 Å². The smallest absolute Gasteiger partial charge is 0.251 e. The number of pyridine rings is 2. The minimum Gasteiger partial charge on any atom is -0.350 e. The van der Waals surface area contributed by atoms with Crippen molar-refractivity contribution < 1.29 is 4.79 Å². The van der Waals surface area contributed by atoms with Gasteiger partial charge in [-0.3, -0.25) is 14.4 Å². The third kappa shape index (κ3) is 5.27. The summed E-state index contributed by atoms with van der Waals surface area (Å²) in [4.78, 5) is 35.6. The molecule has 0 aliphatic rings. The molecule has 6 nitrogen and oxygen atoms in total. The van der Waals surface area contributed by atoms with Crippen LogP contribution < -0.4 is 16.4 Å². The molecule has 7 heteroatoms. The van der Waals surface area contributed by atoms with Crippen molar-refractivity contribution in [1.82, 2.24) is 14.5 Å². The van der Waals surface area contributed by atoms with E-state index in [1.165, 1.54) is 16.7 Å². The molecule has 0 fully saturated rings. The number of nitrogens with one attached hydrogen (secondary N) is 1. The molecule has 0 radical (unpaired) electrons. The second kappa shape index (κ2) is 8.64. The fourth-order valence-corrected chi connectivity index (χ4v) is 2.97. The SMILES string of the molecule is O=C(Cn1cc(Br)ccc1=O)NCc1ccc(Cn2ccccc2=O)cc1. The van der Waals surface area contributed by atoms with Crippen molar-refractivity contribution in [2.75, 3.05) is 0 Å². The van der Waals surface area contributed by atoms with E-state index < -0.39 is 0 Å². The van der Waals surface area contributed by atoms with Crippen molar-refractivity contribution in [1.29, 1.82) is 0 Å². The minimum atomic E-state index is -0.241. The summed E-state index contributed by atoms with van der Waals surface area (Å²) in [7, 11) is 0. The van der Waals surface area contributed by atoms with Crippen molar-refractivity contribution in [3.05, 3.63) is 103 Å². The number of hydrogen-bond acceptors (Lipinski definition) is 3. The van der Waals surface area contributed by atoms with Gasteiger partial charge in [-0.2, -0.15) is 0 Å². The molecule has 0 aliphatic heterocycles. The van der Waals surface area contributed by atoms with Gasteiger partial charge in [0, 0.05) is 35.5 Å². The number of nitrogens with zero attached hydrogens (tertiary/aromatic N) is 2. The first kappa shape index (κ1) is 18.8. The molecule has 3 aromatic rings. The predicted octanol–water partition coefficient (Wildman–Crippen LogP) is 2.14. The zero-order valence-electron chi connectivity index (χ0n) is 14.5. The van der Waals surface area contributed by atoms with Gasteiger partial charge in [0.25, 0.3) is 11.1 Å². The number of halogens is 1. The van der Waals surface area contributed by atoms with Crippen LogP contribution in [0.1, 0.15) is 11.1 Å². The molecule has 0 aliphatic carbocycles. The monoisotopic (exact) mass is 427 g/mol. The Hall–Kier alpha value is -2.93. The highest BCUT2D eigenvalue weighted by Gasteiger charge is 2.05. The van der Waals surface area contributed by atoms with Gasteiger partial charge < -0.3 is 14.5 Å². The number of amides is 1. The van der Waals surface area contributed by atoms with Crippen LogP contribution >= 0.6 is 15.9 Å². The van der Waals surface area contributed by atoms with E-state index in [1.807, 2.05) is 30.3 Å². The molecule has 27 heavy (non-hydrogen) atoms. The topological polar surface area (TPSA) is 73.1 Å². The van der Waals surface area contributed by atoms with E-state index in [1.54, 1.807) is 29.1 Å². The van der Waals surface area contributed by atoms with Crippen LogP contribution in [0, 0.1) is 0 Å². The third-order valence-electron chi connectivity index (χ3n) is 4.03. The van der Waals surface area contributed by atoms with E-state index in [9.17, 15) is 14.4 Å². The molecule has 0 saturated carbocycles. The molecular weight excluding hydrogens is 410 g/mol. The molecule has 1 amide bonds. The maximum absolute atomic E-state index is 12.1. The zero-order chi connectivity index (χ0) is 19.2. The van der Waals surface area contributed by atoms with E-state index >= 15 is 0 Å². The number of carbonyl (C=O) groups excluding carboxylic acids is 1. The Labute approximate surface area is 164 Å². The van der Waals surface area contributed by atoms with Crippen LogP contribution in [0.25, 0.3) is 0 Å². The van der Waals surface area contributed by atoms with Crippen LogP contribution in [0.5, 0.6) is 0 Å². The van der Waals surface area contributed by atoms with Crippen molar-refractivity contribution in [2.24, 2.45) is 0 Å². The first-order chi connectivity index (χ1) is 13.0. The summed E-state index contributed by atoms with van der Waals surface area (Å²) in [6, 6.07) is 15.8. The highest BCUT2D eigenvalue weighted by atomic mass is 79.9. The summed E-state index contributed by atoms with van der Waals surface area (Å²) in [6.45, 7) is 0.832. The van der Waals surface area contributed by atoms with Crippen molar-refractivity contribution >= 4 is 21.8 Å². The van der Waals surface area contributed by atoms with Crippen LogP contribution in [0.15, 0.2) is 81.1 Å². The third-order valence-corrected chi connectivity index (χ3v) is 4.49. The van der Waals surface area contributed by atoms with Gasteiger partial charge in [0.05, 0.1) is 6.54 Å². The van der Waals surface area contributed by atoms with E-state index in [0.717, 1.165) is 15.6 Å². The maximum Gasteiger partial charge on any atom is 0.251 e. The van der Waals surface area contributed by atoms with Gasteiger partial charge in [-0.1, -0.05) is 30.3 Å². The summed E-state index contributed by atoms with van der Waals surface area (Å²) < 4.78 is 3.72. The Morgan fingerprint density at radius 2 is 1.59 bits per heavy atom. The molecule has 0 unspecified atom stereocenters. The highest BCUT2D eigenvalue weighted by Crippen LogP contribution is 2.06. The van der Waals surface area contributed by atoms with E-state index in [-0.39, 0.29) is 23.6 Å². The molecule has 138 valence electrons. The summed E-state index contributed by atoms with van der Waals surface area (Å²) in [5.41, 5.74) is 1.67. The van der Waals surface area contributed by atoms with Crippen LogP contribution in [0.3, 0.4) is 0 Å². The molecule has 1 N–H and O–H groups in total. The fourth-order valence-electron chi connectivity index (χ4n) is 2.59. The average Bonchev–Trinajstić information content (AvgIpc) is 2.66. The van der Waals surface area contributed by atoms with Crippen LogP contribution in [0.2, 0.25) is 0 Å². The first-order valence-corrected chi connectivity index (χ1v) is 9.16. The molecule has 0 saturated heterocycles. The standard InChI is InChI=1S/C20H18BrN3O3/c21-17-8-9-20(27)24(13-17)14-18(25)22-11-15-4-6-16(7-5-15)12-23-10-2-1-3-19(23)26/h1-10,13H,11-12,14H2,(H,22,25). The van der Waals surface area contributed by atoms with Gasteiger partial charge in [-0.25, -0.2) is 0 Å². The maximum atomic E-state index is 12.1. The summed E-state index contributed by atoms with van der Waals surface area (Å²) in [5.74, 6) is -0.241. The molecule has 0 atom stereocenters. The van der Waals surface area contributed by atoms with Crippen molar-refractivity contribution in [3.8, 4) is 0 Å². The van der Waals surface area contributed by atoms with Gasteiger partial charge in [0.15, 0.2) is 0 Å². The minimum absolute atomic E-state index is 0.0344. The number of benzene rings is 1. The van der Waals surface area contributed by atoms with E-state index in [2.05, 4.69) is 21.2 Å². The second-order valence-electron chi connectivity index (χ2n) is 6.07. The lowest BCUT2D eigenvalue weighted by atomic mass is 10.1. The second-order valence-corrected chi connectivity index (χ2v) is 6.99. The summed E-state index contributed by atoms with van der Waals surface area (Å²) in [6.07, 6.45) is 3.34. The van der Waals surface area contributed by atoms with Gasteiger partial charge in [-0.15, -0.1) is 0 Å². The number of rotatable bonds is 6. The molecule has 2 heterocycles. The van der Waals surface area contributed by atoms with Crippen molar-refractivity contribution in [2.45, 2.75) is 19.6 Å². The Morgan fingerprint density at radius 3 is 2.33 bits per heavy atom. The Morgan fingerprint density at radius 1 is 0.889 bits per heavy atom. The Kier molecular flexibility index (Phi) is 6.03. The summed E-state index contributed by atoms with van der Waals surface area (Å²) >= 11 is 3.28. The average molecular weight is 428 g/mol. The molecular formula is C20H18BrN3O3. The molecule has 3 rings (SSSR count). The largest absolute Gasteiger partial charge is 0.350 e. The lowest BCUT2D eigenvalue weighted by Gasteiger charge is -2.09. The van der Waals surface area contributed by atoms with Gasteiger partial charge in [0.1, 0.15) is 6.54 Å². The fraction of sp³-hybridized carbons (Fsp3) is 0.150. The lowest BCUT2D eigenvalue weighted by Crippen LogP contribution is -2.31. The number of hydrogen-bond donors (Lipinski definition) is 1. The molecule has 0 bridgehead atoms. The van der Waals surface area contributed by atoms with Crippen molar-refractivity contribution in [3.63, 3.8) is 0 Å². The summed E-state index contributed by atoms with van der Waals surface area (Å²) in [5, 5.41) is 2.80. The zero-order valence-corrected chi connectivity index (χ0v) is 16.1. The van der Waals surface area contributed by atoms with Crippen LogP contribution in [-0.2, 0) is 24.4 Å². The predicted molar refractivity (Wildman–Crippen MR) is 106 cm³/mol. The molecule has 2 aromatic heterocycles. The van der Waals surface area contributed by atoms with Crippen LogP contribution in [0.4, 0.5) is 0 Å². The van der Waals surface area contributed by atoms with Gasteiger partial charge >= 0.3 is 0 Å².